The monoisotopic (exact) mass is 380 g/mol. The molecular weight excluding hydrogens is 359 g/mol. The van der Waals surface area contributed by atoms with Gasteiger partial charge < -0.3 is 15.2 Å². The number of carbonyl (C=O) groups excluding carboxylic acids is 2. The Kier molecular flexibility index (Phi) is 4.92. The van der Waals surface area contributed by atoms with Gasteiger partial charge in [-0.25, -0.2) is 4.39 Å². The molecule has 28 heavy (non-hydrogen) atoms. The van der Waals surface area contributed by atoms with E-state index in [1.54, 1.807) is 29.2 Å². The molecule has 7 heteroatoms. The third-order valence-electron chi connectivity index (χ3n) is 5.23. The number of nitrogens with two attached hydrogens (primary N) is 1. The highest BCUT2D eigenvalue weighted by molar-refractivity contribution is 6.16. The van der Waals surface area contributed by atoms with Gasteiger partial charge in [0.25, 0.3) is 0 Å². The highest BCUT2D eigenvalue weighted by atomic mass is 19.1. The van der Waals surface area contributed by atoms with Gasteiger partial charge in [0.05, 0.1) is 11.7 Å². The van der Waals surface area contributed by atoms with Crippen molar-refractivity contribution in [3.05, 3.63) is 65.9 Å². The molecule has 0 bridgehead atoms. The van der Waals surface area contributed by atoms with Crippen molar-refractivity contribution >= 4 is 22.6 Å². The smallest absolute Gasteiger partial charge is 0.242 e. The summed E-state index contributed by atoms with van der Waals surface area (Å²) < 4.78 is 14.9. The molecule has 0 atom stereocenters. The second-order valence-electron chi connectivity index (χ2n) is 7.12. The van der Waals surface area contributed by atoms with Crippen LogP contribution in [0.2, 0.25) is 0 Å². The molecule has 3 heterocycles. The number of pyridine rings is 1. The van der Waals surface area contributed by atoms with Crippen LogP contribution >= 0.6 is 0 Å². The molecule has 0 aliphatic carbocycles. The molecule has 1 amide bonds. The number of rotatable bonds is 4. The van der Waals surface area contributed by atoms with E-state index in [4.69, 9.17) is 5.73 Å². The topological polar surface area (TPSA) is 81.2 Å². The van der Waals surface area contributed by atoms with Gasteiger partial charge in [-0.1, -0.05) is 0 Å². The zero-order chi connectivity index (χ0) is 19.7. The van der Waals surface area contributed by atoms with Crippen LogP contribution < -0.4 is 5.73 Å². The summed E-state index contributed by atoms with van der Waals surface area (Å²) in [7, 11) is 0. The van der Waals surface area contributed by atoms with Gasteiger partial charge in [-0.15, -0.1) is 0 Å². The maximum absolute atomic E-state index is 13.2. The van der Waals surface area contributed by atoms with E-state index in [-0.39, 0.29) is 24.3 Å². The van der Waals surface area contributed by atoms with E-state index in [0.717, 1.165) is 23.7 Å². The Morgan fingerprint density at radius 2 is 1.86 bits per heavy atom. The lowest BCUT2D eigenvalue weighted by Gasteiger charge is -2.30. The molecule has 2 aromatic heterocycles. The predicted molar refractivity (Wildman–Crippen MR) is 103 cm³/mol. The first-order valence-corrected chi connectivity index (χ1v) is 9.29. The number of fused-ring (bicyclic) bond motifs is 1. The molecule has 0 spiro atoms. The molecule has 0 radical (unpaired) electrons. The van der Waals surface area contributed by atoms with Crippen LogP contribution in [0.25, 0.3) is 10.9 Å². The summed E-state index contributed by atoms with van der Waals surface area (Å²) in [6.45, 7) is 1.44. The number of hydrogen-bond donors (Lipinski definition) is 1. The summed E-state index contributed by atoms with van der Waals surface area (Å²) in [6.07, 6.45) is 6.55. The first-order valence-electron chi connectivity index (χ1n) is 9.29. The van der Waals surface area contributed by atoms with Gasteiger partial charge in [0.2, 0.25) is 5.91 Å². The molecule has 144 valence electrons. The molecule has 1 aromatic carbocycles. The number of nitrogens with zero attached hydrogens (tertiary/aromatic N) is 3. The van der Waals surface area contributed by atoms with Crippen molar-refractivity contribution in [3.63, 3.8) is 0 Å². The third kappa shape index (κ3) is 3.53. The zero-order valence-corrected chi connectivity index (χ0v) is 15.3. The third-order valence-corrected chi connectivity index (χ3v) is 5.23. The van der Waals surface area contributed by atoms with E-state index in [0.29, 0.717) is 24.2 Å². The van der Waals surface area contributed by atoms with Gasteiger partial charge in [-0.3, -0.25) is 14.6 Å². The molecular formula is C21H21FN4O2. The lowest BCUT2D eigenvalue weighted by molar-refractivity contribution is -0.132. The highest BCUT2D eigenvalue weighted by Gasteiger charge is 2.23. The van der Waals surface area contributed by atoms with Gasteiger partial charge in [0, 0.05) is 48.0 Å². The van der Waals surface area contributed by atoms with Crippen LogP contribution in [0.5, 0.6) is 0 Å². The van der Waals surface area contributed by atoms with E-state index >= 15 is 0 Å². The van der Waals surface area contributed by atoms with Crippen LogP contribution in [0, 0.1) is 5.82 Å². The Morgan fingerprint density at radius 1 is 1.14 bits per heavy atom. The minimum atomic E-state index is -0.393. The maximum atomic E-state index is 13.2. The number of ketones is 1. The second kappa shape index (κ2) is 7.52. The molecule has 1 aliphatic heterocycles. The lowest BCUT2D eigenvalue weighted by Crippen LogP contribution is -2.44. The Bertz CT molecular complexity index is 1020. The van der Waals surface area contributed by atoms with Crippen molar-refractivity contribution in [1.82, 2.24) is 14.5 Å². The van der Waals surface area contributed by atoms with Gasteiger partial charge in [-0.2, -0.15) is 0 Å². The average Bonchev–Trinajstić information content (AvgIpc) is 3.07. The van der Waals surface area contributed by atoms with Crippen LogP contribution in [0.15, 0.2) is 48.9 Å². The molecule has 1 aliphatic rings. The quantitative estimate of drug-likeness (QED) is 0.705. The zero-order valence-electron chi connectivity index (χ0n) is 15.3. The maximum Gasteiger partial charge on any atom is 0.242 e. The minimum absolute atomic E-state index is 0.00608. The fraction of sp³-hybridized carbons (Fsp3) is 0.286. The predicted octanol–water partition coefficient (Wildman–Crippen LogP) is 2.36. The van der Waals surface area contributed by atoms with E-state index in [9.17, 15) is 14.0 Å². The van der Waals surface area contributed by atoms with Crippen molar-refractivity contribution in [2.75, 3.05) is 13.1 Å². The Balaban J connectivity index is 1.64. The first-order chi connectivity index (χ1) is 13.5. The largest absolute Gasteiger partial charge is 0.341 e. The van der Waals surface area contributed by atoms with Crippen molar-refractivity contribution in [2.24, 2.45) is 5.73 Å². The number of halogens is 1. The van der Waals surface area contributed by atoms with E-state index < -0.39 is 5.82 Å². The van der Waals surface area contributed by atoms with Gasteiger partial charge in [0.15, 0.2) is 5.78 Å². The number of piperidine rings is 1. The van der Waals surface area contributed by atoms with E-state index in [1.165, 1.54) is 24.3 Å². The molecule has 0 unspecified atom stereocenters. The number of aromatic nitrogens is 2. The second-order valence-corrected chi connectivity index (χ2v) is 7.12. The SMILES string of the molecule is NC1CCN(C(=O)Cn2cc(C(=O)c3ccc(F)cc3)c3ccncc32)CC1. The lowest BCUT2D eigenvalue weighted by atomic mass is 10.0. The summed E-state index contributed by atoms with van der Waals surface area (Å²) in [5.74, 6) is -0.616. The average molecular weight is 380 g/mol. The van der Waals surface area contributed by atoms with Crippen LogP contribution in [0.4, 0.5) is 4.39 Å². The number of likely N-dealkylation sites (tertiary alicyclic amines) is 1. The Hall–Kier alpha value is -3.06. The standard InChI is InChI=1S/C21H21FN4O2/c22-15-3-1-14(2-4-15)21(28)18-12-26(19-11-24-8-5-17(18)19)13-20(27)25-9-6-16(23)7-10-25/h1-5,8,11-12,16H,6-7,9-10,13,23H2. The van der Waals surface area contributed by atoms with E-state index in [1.807, 2.05) is 4.90 Å². The molecule has 0 saturated carbocycles. The fourth-order valence-corrected chi connectivity index (χ4v) is 3.60. The molecule has 3 aromatic rings. The van der Waals surface area contributed by atoms with Crippen LogP contribution in [-0.2, 0) is 11.3 Å². The van der Waals surface area contributed by atoms with Crippen molar-refractivity contribution in [2.45, 2.75) is 25.4 Å². The molecule has 2 N–H and O–H groups in total. The number of benzene rings is 1. The molecule has 4 rings (SSSR count). The van der Waals surface area contributed by atoms with E-state index in [2.05, 4.69) is 4.98 Å². The number of carbonyl (C=O) groups is 2. The summed E-state index contributed by atoms with van der Waals surface area (Å²) >= 11 is 0. The van der Waals surface area contributed by atoms with Crippen molar-refractivity contribution < 1.29 is 14.0 Å². The van der Waals surface area contributed by atoms with Crippen LogP contribution in [0.1, 0.15) is 28.8 Å². The van der Waals surface area contributed by atoms with Crippen molar-refractivity contribution in [3.8, 4) is 0 Å². The van der Waals surface area contributed by atoms with Crippen LogP contribution in [-0.4, -0.2) is 45.3 Å². The number of hydrogen-bond acceptors (Lipinski definition) is 4. The molecule has 1 saturated heterocycles. The van der Waals surface area contributed by atoms with Gasteiger partial charge in [0.1, 0.15) is 12.4 Å². The van der Waals surface area contributed by atoms with Crippen molar-refractivity contribution in [1.29, 1.82) is 0 Å². The highest BCUT2D eigenvalue weighted by Crippen LogP contribution is 2.24. The molecule has 6 nitrogen and oxygen atoms in total. The minimum Gasteiger partial charge on any atom is -0.341 e. The van der Waals surface area contributed by atoms with Gasteiger partial charge >= 0.3 is 0 Å². The summed E-state index contributed by atoms with van der Waals surface area (Å²) in [5, 5.41) is 0.720. The van der Waals surface area contributed by atoms with Crippen LogP contribution in [0.3, 0.4) is 0 Å². The Morgan fingerprint density at radius 3 is 2.57 bits per heavy atom. The number of amides is 1. The normalized spacial score (nSPS) is 15.1. The summed E-state index contributed by atoms with van der Waals surface area (Å²) in [4.78, 5) is 31.6. The summed E-state index contributed by atoms with van der Waals surface area (Å²) in [6, 6.07) is 7.36. The Labute approximate surface area is 161 Å². The van der Waals surface area contributed by atoms with Gasteiger partial charge in [-0.05, 0) is 43.2 Å². The summed E-state index contributed by atoms with van der Waals surface area (Å²) in [5.41, 5.74) is 7.50. The fourth-order valence-electron chi connectivity index (χ4n) is 3.60. The molecule has 1 fully saturated rings. The first kappa shape index (κ1) is 18.3.